The molecule has 0 aliphatic carbocycles. The normalized spacial score (nSPS) is 11.2. The van der Waals surface area contributed by atoms with Crippen molar-refractivity contribution in [2.45, 2.75) is 20.8 Å². The maximum atomic E-state index is 12.6. The molecule has 2 heterocycles. The van der Waals surface area contributed by atoms with Crippen LogP contribution in [-0.4, -0.2) is 36.3 Å². The summed E-state index contributed by atoms with van der Waals surface area (Å²) < 4.78 is 15.9. The molecule has 0 amide bonds. The molecule has 0 spiro atoms. The van der Waals surface area contributed by atoms with Crippen molar-refractivity contribution in [3.05, 3.63) is 49.3 Å². The molecule has 3 rings (SSSR count). The summed E-state index contributed by atoms with van der Waals surface area (Å²) in [5, 5.41) is 0.805. The summed E-state index contributed by atoms with van der Waals surface area (Å²) >= 11 is 7.42. The van der Waals surface area contributed by atoms with Crippen LogP contribution in [0.25, 0.3) is 22.4 Å². The Morgan fingerprint density at radius 2 is 2.03 bits per heavy atom. The van der Waals surface area contributed by atoms with Gasteiger partial charge in [0.15, 0.2) is 11.5 Å². The first-order valence-corrected chi connectivity index (χ1v) is 10.5. The molecule has 0 fully saturated rings. The van der Waals surface area contributed by atoms with E-state index in [4.69, 9.17) is 25.8 Å². The number of fused-ring (bicyclic) bond motifs is 1. The number of H-pyrrole nitrogens is 1. The number of methoxy groups -OCH3 is 1. The van der Waals surface area contributed by atoms with Crippen LogP contribution in [-0.2, 0) is 4.74 Å². The van der Waals surface area contributed by atoms with Crippen LogP contribution in [0.3, 0.4) is 0 Å². The summed E-state index contributed by atoms with van der Waals surface area (Å²) in [6, 6.07) is 3.51. The number of halogens is 1. The molecular weight excluding hydrogens is 428 g/mol. The second-order valence-electron chi connectivity index (χ2n) is 6.21. The number of thiophene rings is 1. The standard InChI is InChI=1S/C21H21ClN2O5S/c1-5-28-14-10-12(9-13(22)17(14)27-4)7-8-15-23-19(25)16-11(3)18(21(26)29-6-2)30-20(16)24-15/h7-10H,5-6H2,1-4H3,(H,23,24,25). The second kappa shape index (κ2) is 9.32. The number of nitrogens with zero attached hydrogens (tertiary/aromatic N) is 1. The van der Waals surface area contributed by atoms with E-state index in [0.29, 0.717) is 49.6 Å². The van der Waals surface area contributed by atoms with Crippen LogP contribution in [0.1, 0.15) is 40.5 Å². The highest BCUT2D eigenvalue weighted by Crippen LogP contribution is 2.36. The van der Waals surface area contributed by atoms with Crippen LogP contribution in [0.4, 0.5) is 0 Å². The van der Waals surface area contributed by atoms with Gasteiger partial charge in [-0.05, 0) is 50.1 Å². The molecule has 158 valence electrons. The fourth-order valence-corrected chi connectivity index (χ4v) is 4.33. The smallest absolute Gasteiger partial charge is 0.348 e. The third-order valence-corrected chi connectivity index (χ3v) is 5.70. The van der Waals surface area contributed by atoms with Gasteiger partial charge in [0.05, 0.1) is 30.7 Å². The molecule has 2 aromatic heterocycles. The Morgan fingerprint density at radius 3 is 2.70 bits per heavy atom. The number of carbonyl (C=O) groups excluding carboxylic acids is 1. The van der Waals surface area contributed by atoms with Crippen molar-refractivity contribution in [2.75, 3.05) is 20.3 Å². The predicted octanol–water partition coefficient (Wildman–Crippen LogP) is 4.70. The molecule has 0 unspecified atom stereocenters. The SMILES string of the molecule is CCOC(=O)c1sc2nc(C=Cc3cc(Cl)c(OC)c(OCC)c3)[nH]c(=O)c2c1C. The lowest BCUT2D eigenvalue weighted by Gasteiger charge is -2.11. The number of carbonyl (C=O) groups is 1. The van der Waals surface area contributed by atoms with Crippen molar-refractivity contribution in [2.24, 2.45) is 0 Å². The van der Waals surface area contributed by atoms with Crippen molar-refractivity contribution < 1.29 is 19.0 Å². The van der Waals surface area contributed by atoms with Gasteiger partial charge in [0.1, 0.15) is 15.5 Å². The quantitative estimate of drug-likeness (QED) is 0.527. The van der Waals surface area contributed by atoms with Crippen molar-refractivity contribution >= 4 is 51.3 Å². The number of aromatic amines is 1. The molecule has 7 nitrogen and oxygen atoms in total. The van der Waals surface area contributed by atoms with Gasteiger partial charge in [-0.2, -0.15) is 0 Å². The highest BCUT2D eigenvalue weighted by molar-refractivity contribution is 7.20. The topological polar surface area (TPSA) is 90.5 Å². The van der Waals surface area contributed by atoms with E-state index in [1.54, 1.807) is 38.1 Å². The summed E-state index contributed by atoms with van der Waals surface area (Å²) in [6.45, 7) is 6.04. The summed E-state index contributed by atoms with van der Waals surface area (Å²) in [7, 11) is 1.52. The van der Waals surface area contributed by atoms with Crippen LogP contribution >= 0.6 is 22.9 Å². The Bertz CT molecular complexity index is 1180. The molecule has 3 aromatic rings. The summed E-state index contributed by atoms with van der Waals surface area (Å²) in [6.07, 6.45) is 3.42. The molecule has 0 aliphatic rings. The first-order chi connectivity index (χ1) is 14.4. The van der Waals surface area contributed by atoms with Crippen LogP contribution in [0.15, 0.2) is 16.9 Å². The van der Waals surface area contributed by atoms with E-state index in [9.17, 15) is 9.59 Å². The van der Waals surface area contributed by atoms with Gasteiger partial charge in [-0.25, -0.2) is 9.78 Å². The number of benzene rings is 1. The fourth-order valence-electron chi connectivity index (χ4n) is 2.95. The number of ether oxygens (including phenoxy) is 3. The zero-order valence-electron chi connectivity index (χ0n) is 17.0. The number of nitrogens with one attached hydrogen (secondary N) is 1. The Kier molecular flexibility index (Phi) is 6.79. The maximum absolute atomic E-state index is 12.6. The molecule has 0 atom stereocenters. The Morgan fingerprint density at radius 1 is 1.27 bits per heavy atom. The van der Waals surface area contributed by atoms with Crippen LogP contribution in [0, 0.1) is 6.92 Å². The van der Waals surface area contributed by atoms with E-state index in [1.165, 1.54) is 7.11 Å². The largest absolute Gasteiger partial charge is 0.491 e. The van der Waals surface area contributed by atoms with Crippen molar-refractivity contribution in [3.63, 3.8) is 0 Å². The van der Waals surface area contributed by atoms with Gasteiger partial charge in [0.25, 0.3) is 5.56 Å². The van der Waals surface area contributed by atoms with Crippen LogP contribution < -0.4 is 15.0 Å². The van der Waals surface area contributed by atoms with Crippen LogP contribution in [0.2, 0.25) is 5.02 Å². The summed E-state index contributed by atoms with van der Waals surface area (Å²) in [5.74, 6) is 0.890. The number of aryl methyl sites for hydroxylation is 1. The average molecular weight is 449 g/mol. The van der Waals surface area contributed by atoms with E-state index < -0.39 is 5.97 Å². The van der Waals surface area contributed by atoms with Gasteiger partial charge >= 0.3 is 5.97 Å². The summed E-state index contributed by atoms with van der Waals surface area (Å²) in [5.41, 5.74) is 1.01. The molecule has 0 saturated carbocycles. The van der Waals surface area contributed by atoms with E-state index in [-0.39, 0.29) is 12.2 Å². The van der Waals surface area contributed by atoms with E-state index >= 15 is 0 Å². The Hall–Kier alpha value is -2.84. The number of esters is 1. The van der Waals surface area contributed by atoms with E-state index in [1.807, 2.05) is 6.92 Å². The van der Waals surface area contributed by atoms with Crippen LogP contribution in [0.5, 0.6) is 11.5 Å². The monoisotopic (exact) mass is 448 g/mol. The minimum absolute atomic E-state index is 0.262. The Labute approximate surface area is 182 Å². The van der Waals surface area contributed by atoms with Gasteiger partial charge in [0, 0.05) is 0 Å². The molecule has 1 aromatic carbocycles. The average Bonchev–Trinajstić information content (AvgIpc) is 3.04. The van der Waals surface area contributed by atoms with Gasteiger partial charge in [0.2, 0.25) is 0 Å². The van der Waals surface area contributed by atoms with Crippen molar-refractivity contribution in [1.29, 1.82) is 0 Å². The van der Waals surface area contributed by atoms with Gasteiger partial charge in [-0.3, -0.25) is 4.79 Å². The lowest BCUT2D eigenvalue weighted by Crippen LogP contribution is -2.10. The molecule has 0 saturated heterocycles. The minimum atomic E-state index is -0.453. The zero-order valence-corrected chi connectivity index (χ0v) is 18.6. The van der Waals surface area contributed by atoms with Gasteiger partial charge in [-0.1, -0.05) is 17.7 Å². The number of aromatic nitrogens is 2. The number of hydrogen-bond acceptors (Lipinski definition) is 7. The molecule has 30 heavy (non-hydrogen) atoms. The number of hydrogen-bond donors (Lipinski definition) is 1. The molecule has 1 N–H and O–H groups in total. The molecular formula is C21H21ClN2O5S. The van der Waals surface area contributed by atoms with Crippen molar-refractivity contribution in [1.82, 2.24) is 9.97 Å². The highest BCUT2D eigenvalue weighted by Gasteiger charge is 2.20. The van der Waals surface area contributed by atoms with Gasteiger partial charge in [-0.15, -0.1) is 11.3 Å². The zero-order chi connectivity index (χ0) is 21.8. The first-order valence-electron chi connectivity index (χ1n) is 9.28. The van der Waals surface area contributed by atoms with Crippen molar-refractivity contribution in [3.8, 4) is 11.5 Å². The lowest BCUT2D eigenvalue weighted by atomic mass is 10.2. The maximum Gasteiger partial charge on any atom is 0.348 e. The highest BCUT2D eigenvalue weighted by atomic mass is 35.5. The third-order valence-electron chi connectivity index (χ3n) is 4.25. The fraction of sp³-hybridized carbons (Fsp3) is 0.286. The van der Waals surface area contributed by atoms with E-state index in [0.717, 1.165) is 16.9 Å². The molecule has 0 bridgehead atoms. The van der Waals surface area contributed by atoms with E-state index in [2.05, 4.69) is 9.97 Å². The Balaban J connectivity index is 1.99. The molecule has 0 radical (unpaired) electrons. The first kappa shape index (κ1) is 21.9. The third kappa shape index (κ3) is 4.34. The molecule has 9 heteroatoms. The predicted molar refractivity (Wildman–Crippen MR) is 119 cm³/mol. The lowest BCUT2D eigenvalue weighted by molar-refractivity contribution is 0.0531. The molecule has 0 aliphatic heterocycles. The number of rotatable bonds is 7. The second-order valence-corrected chi connectivity index (χ2v) is 7.61. The minimum Gasteiger partial charge on any atom is -0.491 e. The van der Waals surface area contributed by atoms with Gasteiger partial charge < -0.3 is 19.2 Å². The summed E-state index contributed by atoms with van der Waals surface area (Å²) in [4.78, 5) is 32.7.